The Balaban J connectivity index is 1.23. The number of aryl methyl sites for hydroxylation is 2. The van der Waals surface area contributed by atoms with Crippen molar-refractivity contribution >= 4 is 11.5 Å². The Morgan fingerprint density at radius 1 is 1.05 bits per heavy atom. The van der Waals surface area contributed by atoms with Gasteiger partial charge in [0.1, 0.15) is 41.5 Å². The third-order valence-electron chi connectivity index (χ3n) is 7.17. The van der Waals surface area contributed by atoms with Gasteiger partial charge < -0.3 is 23.5 Å². The highest BCUT2D eigenvalue weighted by atomic mass is 19.1. The van der Waals surface area contributed by atoms with Crippen LogP contribution in [-0.2, 0) is 16.0 Å². The molecule has 1 aliphatic heterocycles. The van der Waals surface area contributed by atoms with Crippen molar-refractivity contribution in [3.05, 3.63) is 94.4 Å². The average Bonchev–Trinajstić information content (AvgIpc) is 3.64. The van der Waals surface area contributed by atoms with E-state index in [1.54, 1.807) is 44.2 Å². The van der Waals surface area contributed by atoms with Crippen LogP contribution in [0.5, 0.6) is 23.0 Å². The summed E-state index contributed by atoms with van der Waals surface area (Å²) >= 11 is 0. The molecule has 1 unspecified atom stereocenters. The summed E-state index contributed by atoms with van der Waals surface area (Å²) in [5.74, 6) is 0.642. The van der Waals surface area contributed by atoms with Gasteiger partial charge in [-0.25, -0.2) is 13.6 Å². The Hall–Kier alpha value is -4.66. The Labute approximate surface area is 228 Å². The molecule has 0 saturated heterocycles. The first-order valence-corrected chi connectivity index (χ1v) is 12.8. The van der Waals surface area contributed by atoms with E-state index in [0.29, 0.717) is 63.8 Å². The van der Waals surface area contributed by atoms with Gasteiger partial charge in [-0.15, -0.1) is 0 Å². The van der Waals surface area contributed by atoms with Crippen molar-refractivity contribution in [3.8, 4) is 34.1 Å². The van der Waals surface area contributed by atoms with Crippen molar-refractivity contribution in [2.45, 2.75) is 32.8 Å². The normalized spacial score (nSPS) is 16.4. The van der Waals surface area contributed by atoms with Gasteiger partial charge in [-0.1, -0.05) is 11.2 Å². The second kappa shape index (κ2) is 10.1. The molecule has 7 nitrogen and oxygen atoms in total. The fourth-order valence-electron chi connectivity index (χ4n) is 5.29. The third-order valence-corrected chi connectivity index (χ3v) is 7.17. The van der Waals surface area contributed by atoms with Crippen LogP contribution in [0, 0.1) is 25.5 Å². The van der Waals surface area contributed by atoms with Crippen molar-refractivity contribution in [2.24, 2.45) is 0 Å². The van der Waals surface area contributed by atoms with Gasteiger partial charge in [-0.05, 0) is 68.7 Å². The molecule has 0 radical (unpaired) electrons. The molecule has 204 valence electrons. The van der Waals surface area contributed by atoms with Crippen LogP contribution >= 0.6 is 0 Å². The number of carbonyl (C=O) groups excluding carboxylic acids is 1. The number of esters is 1. The highest BCUT2D eigenvalue weighted by Gasteiger charge is 2.31. The topological polar surface area (TPSA) is 80.0 Å². The molecular weight excluding hydrogens is 520 g/mol. The Kier molecular flexibility index (Phi) is 6.50. The zero-order valence-corrected chi connectivity index (χ0v) is 22.0. The van der Waals surface area contributed by atoms with E-state index in [4.69, 9.17) is 23.5 Å². The molecule has 0 spiro atoms. The van der Waals surface area contributed by atoms with Crippen LogP contribution in [0.2, 0.25) is 0 Å². The summed E-state index contributed by atoms with van der Waals surface area (Å²) in [5.41, 5.74) is 4.54. The Morgan fingerprint density at radius 3 is 2.62 bits per heavy atom. The number of benzene rings is 3. The highest BCUT2D eigenvalue weighted by Crippen LogP contribution is 2.44. The van der Waals surface area contributed by atoms with Crippen LogP contribution in [0.1, 0.15) is 40.7 Å². The Bertz CT molecular complexity index is 1660. The summed E-state index contributed by atoms with van der Waals surface area (Å²) < 4.78 is 57.9. The Morgan fingerprint density at radius 2 is 1.88 bits per heavy atom. The lowest BCUT2D eigenvalue weighted by atomic mass is 10.0. The van der Waals surface area contributed by atoms with E-state index in [9.17, 15) is 4.79 Å². The van der Waals surface area contributed by atoms with E-state index in [1.165, 1.54) is 31.4 Å². The zero-order chi connectivity index (χ0) is 28.0. The summed E-state index contributed by atoms with van der Waals surface area (Å²) in [6.45, 7) is 3.81. The van der Waals surface area contributed by atoms with Crippen LogP contribution in [0.3, 0.4) is 0 Å². The minimum absolute atomic E-state index is 0.0280. The fourth-order valence-corrected chi connectivity index (χ4v) is 5.29. The molecule has 1 aromatic heterocycles. The monoisotopic (exact) mass is 545 g/mol. The molecule has 9 heteroatoms. The molecule has 3 aromatic carbocycles. The number of methoxy groups -OCH3 is 1. The zero-order valence-electron chi connectivity index (χ0n) is 22.0. The predicted octanol–water partition coefficient (Wildman–Crippen LogP) is 7.04. The molecule has 6 rings (SSSR count). The molecule has 0 saturated carbocycles. The third kappa shape index (κ3) is 4.57. The molecule has 1 atom stereocenters. The van der Waals surface area contributed by atoms with Crippen molar-refractivity contribution < 1.29 is 37.0 Å². The summed E-state index contributed by atoms with van der Waals surface area (Å²) in [6, 6.07) is 12.8. The molecule has 0 fully saturated rings. The second-order valence-corrected chi connectivity index (χ2v) is 9.67. The molecule has 4 aromatic rings. The lowest BCUT2D eigenvalue weighted by Crippen LogP contribution is -2.06. The predicted molar refractivity (Wildman–Crippen MR) is 141 cm³/mol. The van der Waals surface area contributed by atoms with Crippen LogP contribution < -0.4 is 14.2 Å². The van der Waals surface area contributed by atoms with Crippen molar-refractivity contribution in [1.29, 1.82) is 0 Å². The number of halogens is 2. The fraction of sp³-hybridized carbons (Fsp3) is 0.226. The quantitative estimate of drug-likeness (QED) is 0.190. The van der Waals surface area contributed by atoms with Gasteiger partial charge in [-0.2, -0.15) is 0 Å². The second-order valence-electron chi connectivity index (χ2n) is 9.67. The van der Waals surface area contributed by atoms with E-state index in [1.807, 2.05) is 0 Å². The smallest absolute Gasteiger partial charge is 0.330 e. The minimum Gasteiger partial charge on any atom is -0.488 e. The number of ether oxygens (including phenoxy) is 4. The molecule has 2 heterocycles. The molecule has 1 aliphatic carbocycles. The van der Waals surface area contributed by atoms with Crippen LogP contribution in [0.25, 0.3) is 16.7 Å². The first kappa shape index (κ1) is 25.6. The summed E-state index contributed by atoms with van der Waals surface area (Å²) in [7, 11) is 1.32. The van der Waals surface area contributed by atoms with E-state index < -0.39 is 23.7 Å². The highest BCUT2D eigenvalue weighted by molar-refractivity contribution is 5.93. The van der Waals surface area contributed by atoms with Gasteiger partial charge in [0.05, 0.1) is 12.8 Å². The largest absolute Gasteiger partial charge is 0.488 e. The van der Waals surface area contributed by atoms with Gasteiger partial charge in [-0.3, -0.25) is 0 Å². The van der Waals surface area contributed by atoms with Gasteiger partial charge in [0.15, 0.2) is 11.6 Å². The maximum absolute atomic E-state index is 15.1. The number of hydrogen-bond donors (Lipinski definition) is 0. The van der Waals surface area contributed by atoms with E-state index in [-0.39, 0.29) is 12.4 Å². The van der Waals surface area contributed by atoms with Crippen LogP contribution in [-0.4, -0.2) is 24.8 Å². The first-order valence-electron chi connectivity index (χ1n) is 12.8. The van der Waals surface area contributed by atoms with Crippen molar-refractivity contribution in [1.82, 2.24) is 5.16 Å². The number of carbonyl (C=O) groups is 1. The lowest BCUT2D eigenvalue weighted by Gasteiger charge is -2.17. The summed E-state index contributed by atoms with van der Waals surface area (Å²) in [5, 5.41) is 3.93. The number of aromatic nitrogens is 1. The summed E-state index contributed by atoms with van der Waals surface area (Å²) in [6.07, 6.45) is 1.85. The maximum Gasteiger partial charge on any atom is 0.330 e. The molecule has 0 amide bonds. The number of nitrogens with zero attached hydrogens (tertiary/aromatic N) is 1. The SMILES string of the molecule is COC(=O)C=C1COc2cc(OC3CCc4c(Oc5ccc(-c6c(C)noc6C)cc5F)ccc(F)c43)ccc21. The van der Waals surface area contributed by atoms with Crippen molar-refractivity contribution in [3.63, 3.8) is 0 Å². The van der Waals surface area contributed by atoms with Gasteiger partial charge >= 0.3 is 5.97 Å². The average molecular weight is 546 g/mol. The molecular formula is C31H25F2NO6. The van der Waals surface area contributed by atoms with Crippen LogP contribution in [0.4, 0.5) is 8.78 Å². The molecule has 2 aliphatic rings. The molecule has 0 N–H and O–H groups in total. The maximum atomic E-state index is 15.1. The van der Waals surface area contributed by atoms with Gasteiger partial charge in [0.2, 0.25) is 0 Å². The van der Waals surface area contributed by atoms with Gasteiger partial charge in [0.25, 0.3) is 0 Å². The first-order chi connectivity index (χ1) is 19.3. The van der Waals surface area contributed by atoms with Crippen LogP contribution in [0.15, 0.2) is 59.1 Å². The standard InChI is InChI=1S/C31H25F2NO6/c1-16-30(17(2)40-34-16)18-4-9-26(24(33)12-18)39-25-11-8-23(32)31-22(25)7-10-27(31)38-20-5-6-21-19(13-29(35)36-3)15-37-28(21)14-20/h4-6,8-9,11-14,27H,7,10,15H2,1-3H3. The van der Waals surface area contributed by atoms with E-state index in [2.05, 4.69) is 5.16 Å². The number of hydrogen-bond acceptors (Lipinski definition) is 7. The van der Waals surface area contributed by atoms with E-state index in [0.717, 1.165) is 11.1 Å². The molecule has 40 heavy (non-hydrogen) atoms. The van der Waals surface area contributed by atoms with Gasteiger partial charge in [0, 0.05) is 40.0 Å². The van der Waals surface area contributed by atoms with Crippen molar-refractivity contribution in [2.75, 3.05) is 13.7 Å². The lowest BCUT2D eigenvalue weighted by molar-refractivity contribution is -0.134. The number of rotatable bonds is 6. The minimum atomic E-state index is -0.560. The van der Waals surface area contributed by atoms with E-state index >= 15 is 8.78 Å². The molecule has 0 bridgehead atoms. The summed E-state index contributed by atoms with van der Waals surface area (Å²) in [4.78, 5) is 11.6. The number of fused-ring (bicyclic) bond motifs is 2.